The van der Waals surface area contributed by atoms with E-state index in [4.69, 9.17) is 4.42 Å². The van der Waals surface area contributed by atoms with Crippen molar-refractivity contribution < 1.29 is 18.8 Å². The van der Waals surface area contributed by atoms with Crippen molar-refractivity contribution in [2.45, 2.75) is 6.92 Å². The zero-order valence-electron chi connectivity index (χ0n) is 12.3. The normalized spacial score (nSPS) is 16.6. The maximum Gasteiger partial charge on any atom is 0.277 e. The monoisotopic (exact) mass is 311 g/mol. The van der Waals surface area contributed by atoms with Crippen LogP contribution in [0.3, 0.4) is 0 Å². The van der Waals surface area contributed by atoms with Gasteiger partial charge in [0, 0.05) is 12.5 Å². The number of carbonyl (C=O) groups excluding carboxylic acids is 3. The van der Waals surface area contributed by atoms with Crippen molar-refractivity contribution in [3.05, 3.63) is 48.1 Å². The molecule has 23 heavy (non-hydrogen) atoms. The number of amides is 3. The third-order valence-corrected chi connectivity index (χ3v) is 3.34. The molecule has 1 aromatic carbocycles. The van der Waals surface area contributed by atoms with Gasteiger partial charge in [0.05, 0.1) is 0 Å². The highest BCUT2D eigenvalue weighted by Gasteiger charge is 2.31. The number of hydrogen-bond acceptors (Lipinski definition) is 5. The largest absolute Gasteiger partial charge is 0.443 e. The van der Waals surface area contributed by atoms with Crippen molar-refractivity contribution in [3.8, 4) is 11.3 Å². The minimum absolute atomic E-state index is 0.0115. The standard InChI is InChI=1S/C16H13N3O4/c1-10(20)19-8-14(21)18-13(16(19)22)7-12-15(23-9-17-12)11-5-3-2-4-6-11/h2-7,9H,8H2,1H3,(H,18,21). The van der Waals surface area contributed by atoms with E-state index >= 15 is 0 Å². The van der Waals surface area contributed by atoms with Gasteiger partial charge < -0.3 is 9.73 Å². The fraction of sp³-hybridized carbons (Fsp3) is 0.125. The Kier molecular flexibility index (Phi) is 3.76. The highest BCUT2D eigenvalue weighted by Crippen LogP contribution is 2.24. The quantitative estimate of drug-likeness (QED) is 0.841. The molecule has 3 rings (SSSR count). The second-order valence-corrected chi connectivity index (χ2v) is 4.95. The third kappa shape index (κ3) is 2.89. The summed E-state index contributed by atoms with van der Waals surface area (Å²) in [6, 6.07) is 9.24. The van der Waals surface area contributed by atoms with Crippen molar-refractivity contribution in [1.29, 1.82) is 0 Å². The number of piperazine rings is 1. The molecule has 1 saturated heterocycles. The molecule has 1 aromatic heterocycles. The molecule has 116 valence electrons. The number of hydrogen-bond donors (Lipinski definition) is 1. The van der Waals surface area contributed by atoms with E-state index in [0.717, 1.165) is 10.5 Å². The topological polar surface area (TPSA) is 92.5 Å². The number of rotatable bonds is 2. The average molecular weight is 311 g/mol. The molecular weight excluding hydrogens is 298 g/mol. The van der Waals surface area contributed by atoms with Crippen molar-refractivity contribution in [1.82, 2.24) is 15.2 Å². The van der Waals surface area contributed by atoms with Crippen LogP contribution in [0.2, 0.25) is 0 Å². The number of imide groups is 1. The number of nitrogens with one attached hydrogen (secondary N) is 1. The molecule has 0 saturated carbocycles. The lowest BCUT2D eigenvalue weighted by atomic mass is 10.1. The molecule has 0 aliphatic carbocycles. The van der Waals surface area contributed by atoms with E-state index in [1.165, 1.54) is 19.4 Å². The van der Waals surface area contributed by atoms with E-state index in [2.05, 4.69) is 10.3 Å². The van der Waals surface area contributed by atoms with Crippen molar-refractivity contribution >= 4 is 23.8 Å². The van der Waals surface area contributed by atoms with Crippen LogP contribution in [0.1, 0.15) is 12.6 Å². The van der Waals surface area contributed by atoms with Crippen LogP contribution in [-0.4, -0.2) is 34.2 Å². The van der Waals surface area contributed by atoms with E-state index in [1.807, 2.05) is 30.3 Å². The van der Waals surface area contributed by atoms with Gasteiger partial charge in [-0.3, -0.25) is 19.3 Å². The van der Waals surface area contributed by atoms with E-state index in [0.29, 0.717) is 11.5 Å². The molecule has 0 unspecified atom stereocenters. The molecule has 3 amide bonds. The lowest BCUT2D eigenvalue weighted by Gasteiger charge is -2.25. The summed E-state index contributed by atoms with van der Waals surface area (Å²) in [5.41, 5.74) is 1.17. The third-order valence-electron chi connectivity index (χ3n) is 3.34. The second-order valence-electron chi connectivity index (χ2n) is 4.95. The summed E-state index contributed by atoms with van der Waals surface area (Å²) >= 11 is 0. The molecule has 7 nitrogen and oxygen atoms in total. The maximum atomic E-state index is 12.3. The van der Waals surface area contributed by atoms with Gasteiger partial charge in [-0.15, -0.1) is 0 Å². The minimum atomic E-state index is -0.570. The summed E-state index contributed by atoms with van der Waals surface area (Å²) in [6.07, 6.45) is 2.66. The van der Waals surface area contributed by atoms with Crippen molar-refractivity contribution in [2.75, 3.05) is 6.54 Å². The molecule has 1 aliphatic rings. The first-order valence-electron chi connectivity index (χ1n) is 6.89. The fourth-order valence-electron chi connectivity index (χ4n) is 2.26. The molecular formula is C16H13N3O4. The summed E-state index contributed by atoms with van der Waals surface area (Å²) in [5, 5.41) is 2.47. The van der Waals surface area contributed by atoms with Crippen LogP contribution in [0.5, 0.6) is 0 Å². The first-order chi connectivity index (χ1) is 11.1. The Bertz CT molecular complexity index is 808. The lowest BCUT2D eigenvalue weighted by Crippen LogP contribution is -2.51. The lowest BCUT2D eigenvalue weighted by molar-refractivity contribution is -0.147. The zero-order valence-corrected chi connectivity index (χ0v) is 12.3. The summed E-state index contributed by atoms with van der Waals surface area (Å²) in [5.74, 6) is -1.02. The zero-order chi connectivity index (χ0) is 16.4. The Hall–Kier alpha value is -3.22. The van der Waals surface area contributed by atoms with Gasteiger partial charge in [-0.2, -0.15) is 0 Å². The fourth-order valence-corrected chi connectivity index (χ4v) is 2.26. The SMILES string of the molecule is CC(=O)N1CC(=O)NC(=Cc2ncoc2-c2ccccc2)C1=O. The highest BCUT2D eigenvalue weighted by atomic mass is 16.3. The Morgan fingerprint density at radius 2 is 2.04 bits per heavy atom. The first kappa shape index (κ1) is 14.7. The number of oxazole rings is 1. The van der Waals surface area contributed by atoms with Crippen LogP contribution in [-0.2, 0) is 14.4 Å². The van der Waals surface area contributed by atoms with Gasteiger partial charge in [0.15, 0.2) is 12.2 Å². The summed E-state index contributed by atoms with van der Waals surface area (Å²) in [7, 11) is 0. The second kappa shape index (κ2) is 5.88. The van der Waals surface area contributed by atoms with Gasteiger partial charge in [-0.1, -0.05) is 30.3 Å². The molecule has 1 aliphatic heterocycles. The Labute approximate surface area is 131 Å². The number of benzene rings is 1. The molecule has 0 spiro atoms. The van der Waals surface area contributed by atoms with Gasteiger partial charge in [0.2, 0.25) is 11.8 Å². The number of carbonyl (C=O) groups is 3. The van der Waals surface area contributed by atoms with E-state index < -0.39 is 17.7 Å². The molecule has 0 atom stereocenters. The Balaban J connectivity index is 1.99. The van der Waals surface area contributed by atoms with Crippen LogP contribution in [0.15, 0.2) is 46.8 Å². The van der Waals surface area contributed by atoms with Crippen molar-refractivity contribution in [3.63, 3.8) is 0 Å². The summed E-state index contributed by atoms with van der Waals surface area (Å²) < 4.78 is 5.37. The van der Waals surface area contributed by atoms with Crippen LogP contribution >= 0.6 is 0 Å². The van der Waals surface area contributed by atoms with Gasteiger partial charge in [-0.25, -0.2) is 4.98 Å². The van der Waals surface area contributed by atoms with Crippen molar-refractivity contribution in [2.24, 2.45) is 0 Å². The Morgan fingerprint density at radius 1 is 1.30 bits per heavy atom. The molecule has 0 radical (unpaired) electrons. The van der Waals surface area contributed by atoms with E-state index in [1.54, 1.807) is 0 Å². The predicted molar refractivity (Wildman–Crippen MR) is 80.5 cm³/mol. The molecule has 2 heterocycles. The Morgan fingerprint density at radius 3 is 2.74 bits per heavy atom. The number of nitrogens with zero attached hydrogens (tertiary/aromatic N) is 2. The molecule has 1 fully saturated rings. The van der Waals surface area contributed by atoms with Gasteiger partial charge in [0.25, 0.3) is 5.91 Å². The van der Waals surface area contributed by atoms with Gasteiger partial charge in [-0.05, 0) is 6.08 Å². The predicted octanol–water partition coefficient (Wildman–Crippen LogP) is 1.19. The first-order valence-corrected chi connectivity index (χ1v) is 6.89. The van der Waals surface area contributed by atoms with E-state index in [9.17, 15) is 14.4 Å². The van der Waals surface area contributed by atoms with Gasteiger partial charge >= 0.3 is 0 Å². The molecule has 1 N–H and O–H groups in total. The molecule has 7 heteroatoms. The molecule has 2 aromatic rings. The van der Waals surface area contributed by atoms with Crippen LogP contribution in [0, 0.1) is 0 Å². The smallest absolute Gasteiger partial charge is 0.277 e. The van der Waals surface area contributed by atoms with Crippen LogP contribution in [0.25, 0.3) is 17.4 Å². The summed E-state index contributed by atoms with van der Waals surface area (Å²) in [6.45, 7) is 0.954. The highest BCUT2D eigenvalue weighted by molar-refractivity contribution is 6.12. The van der Waals surface area contributed by atoms with Gasteiger partial charge in [0.1, 0.15) is 17.9 Å². The van der Waals surface area contributed by atoms with Crippen LogP contribution in [0.4, 0.5) is 0 Å². The average Bonchev–Trinajstić information content (AvgIpc) is 2.99. The van der Waals surface area contributed by atoms with E-state index in [-0.39, 0.29) is 12.2 Å². The molecule has 0 bridgehead atoms. The summed E-state index contributed by atoms with van der Waals surface area (Å²) in [4.78, 5) is 40.3. The maximum absolute atomic E-state index is 12.3. The minimum Gasteiger partial charge on any atom is -0.443 e. The number of aromatic nitrogens is 1. The van der Waals surface area contributed by atoms with Crippen LogP contribution < -0.4 is 5.32 Å².